The van der Waals surface area contributed by atoms with Crippen LogP contribution in [0, 0.1) is 0 Å². The fraction of sp³-hybridized carbons (Fsp3) is 0.343. The lowest BCUT2D eigenvalue weighted by Gasteiger charge is -2.29. The summed E-state index contributed by atoms with van der Waals surface area (Å²) in [4.78, 5) is 32.4. The SMILES string of the molecule is CN=C(N)NCCCC1NC(CNC(=O)/C=C/c2ccc(C(F)(F)F)cc2)CCN(CC(c2ccccc2)c2ccccc2)C1=O. The van der Waals surface area contributed by atoms with Crippen LogP contribution in [0.1, 0.15) is 47.4 Å². The van der Waals surface area contributed by atoms with Crippen LogP contribution in [-0.4, -0.2) is 68.0 Å². The van der Waals surface area contributed by atoms with Crippen LogP contribution in [0.4, 0.5) is 13.2 Å². The van der Waals surface area contributed by atoms with Crippen molar-refractivity contribution in [2.24, 2.45) is 10.7 Å². The Morgan fingerprint density at radius 2 is 1.65 bits per heavy atom. The predicted molar refractivity (Wildman–Crippen MR) is 175 cm³/mol. The normalized spacial score (nSPS) is 17.7. The molecule has 0 spiro atoms. The Bertz CT molecular complexity index is 1420. The average molecular weight is 635 g/mol. The van der Waals surface area contributed by atoms with E-state index in [-0.39, 0.29) is 30.3 Å². The standard InChI is InChI=1S/C35H41F3N6O2/c1-40-34(39)41-21-8-13-31-33(46)44(24-30(26-9-4-2-5-10-26)27-11-6-3-7-12-27)22-20-29(43-31)23-42-32(45)19-16-25-14-17-28(18-15-25)35(36,37)38/h2-7,9-12,14-19,29-31,43H,8,13,20-24H2,1H3,(H,42,45)(H3,39,40,41)/b19-16+. The van der Waals surface area contributed by atoms with Crippen LogP contribution in [0.15, 0.2) is 96.0 Å². The average Bonchev–Trinajstić information content (AvgIpc) is 3.21. The van der Waals surface area contributed by atoms with Gasteiger partial charge in [0.25, 0.3) is 0 Å². The number of hydrogen-bond acceptors (Lipinski definition) is 4. The van der Waals surface area contributed by atoms with E-state index in [9.17, 15) is 22.8 Å². The second-order valence-corrected chi connectivity index (χ2v) is 11.2. The van der Waals surface area contributed by atoms with Gasteiger partial charge in [0, 0.05) is 51.3 Å². The maximum Gasteiger partial charge on any atom is 0.416 e. The molecule has 3 aromatic rings. The zero-order valence-corrected chi connectivity index (χ0v) is 25.8. The lowest BCUT2D eigenvalue weighted by Crippen LogP contribution is -2.49. The fourth-order valence-electron chi connectivity index (χ4n) is 5.46. The summed E-state index contributed by atoms with van der Waals surface area (Å²) in [5, 5.41) is 9.38. The molecule has 11 heteroatoms. The molecule has 0 saturated carbocycles. The number of amides is 2. The molecule has 3 aromatic carbocycles. The summed E-state index contributed by atoms with van der Waals surface area (Å²) in [6, 6.07) is 24.2. The number of carbonyl (C=O) groups excluding carboxylic acids is 2. The lowest BCUT2D eigenvalue weighted by molar-refractivity contribution is -0.137. The molecule has 1 heterocycles. The molecular weight excluding hydrogens is 593 g/mol. The summed E-state index contributed by atoms with van der Waals surface area (Å²) in [7, 11) is 1.60. The van der Waals surface area contributed by atoms with Crippen molar-refractivity contribution in [1.82, 2.24) is 20.9 Å². The lowest BCUT2D eigenvalue weighted by atomic mass is 9.90. The molecule has 5 N–H and O–H groups in total. The Labute approximate surface area is 268 Å². The van der Waals surface area contributed by atoms with Crippen LogP contribution >= 0.6 is 0 Å². The number of rotatable bonds is 12. The number of aliphatic imine (C=N–C) groups is 1. The number of nitrogens with zero attached hydrogens (tertiary/aromatic N) is 2. The van der Waals surface area contributed by atoms with Crippen molar-refractivity contribution in [3.05, 3.63) is 113 Å². The maximum atomic E-state index is 14.0. The van der Waals surface area contributed by atoms with Crippen molar-refractivity contribution in [1.29, 1.82) is 0 Å². The highest BCUT2D eigenvalue weighted by Gasteiger charge is 2.33. The highest BCUT2D eigenvalue weighted by atomic mass is 19.4. The molecule has 1 aliphatic rings. The van der Waals surface area contributed by atoms with Crippen molar-refractivity contribution in [3.8, 4) is 0 Å². The molecule has 2 amide bonds. The van der Waals surface area contributed by atoms with E-state index in [0.717, 1.165) is 23.3 Å². The minimum absolute atomic E-state index is 0.00465. The molecule has 2 unspecified atom stereocenters. The molecule has 0 aliphatic carbocycles. The zero-order valence-electron chi connectivity index (χ0n) is 25.8. The maximum absolute atomic E-state index is 14.0. The molecule has 1 fully saturated rings. The summed E-state index contributed by atoms with van der Waals surface area (Å²) in [5.74, 6) is -0.0523. The van der Waals surface area contributed by atoms with E-state index in [1.807, 2.05) is 41.3 Å². The summed E-state index contributed by atoms with van der Waals surface area (Å²) < 4.78 is 38.5. The van der Waals surface area contributed by atoms with Crippen molar-refractivity contribution in [2.45, 2.75) is 43.4 Å². The number of benzene rings is 3. The molecule has 8 nitrogen and oxygen atoms in total. The number of guanidine groups is 1. The first-order chi connectivity index (χ1) is 22.1. The van der Waals surface area contributed by atoms with Crippen LogP contribution in [0.3, 0.4) is 0 Å². The van der Waals surface area contributed by atoms with E-state index in [2.05, 4.69) is 45.2 Å². The van der Waals surface area contributed by atoms with Crippen molar-refractivity contribution in [3.63, 3.8) is 0 Å². The molecule has 0 aromatic heterocycles. The number of halogens is 3. The summed E-state index contributed by atoms with van der Waals surface area (Å²) >= 11 is 0. The van der Waals surface area contributed by atoms with Crippen molar-refractivity contribution < 1.29 is 22.8 Å². The van der Waals surface area contributed by atoms with Gasteiger partial charge in [0.1, 0.15) is 0 Å². The van der Waals surface area contributed by atoms with Crippen LogP contribution in [0.5, 0.6) is 0 Å². The van der Waals surface area contributed by atoms with Crippen LogP contribution in [-0.2, 0) is 15.8 Å². The minimum Gasteiger partial charge on any atom is -0.370 e. The van der Waals surface area contributed by atoms with Crippen LogP contribution in [0.25, 0.3) is 6.08 Å². The van der Waals surface area contributed by atoms with Crippen molar-refractivity contribution in [2.75, 3.05) is 33.2 Å². The molecule has 1 aliphatic heterocycles. The topological polar surface area (TPSA) is 112 Å². The van der Waals surface area contributed by atoms with Gasteiger partial charge in [-0.25, -0.2) is 0 Å². The van der Waals surface area contributed by atoms with Gasteiger partial charge in [-0.2, -0.15) is 13.2 Å². The monoisotopic (exact) mass is 634 g/mol. The van der Waals surface area contributed by atoms with Crippen LogP contribution in [0.2, 0.25) is 0 Å². The van der Waals surface area contributed by atoms with Crippen LogP contribution < -0.4 is 21.7 Å². The van der Waals surface area contributed by atoms with Gasteiger partial charge in [0.05, 0.1) is 11.6 Å². The van der Waals surface area contributed by atoms with E-state index < -0.39 is 17.8 Å². The Kier molecular flexibility index (Phi) is 12.4. The first-order valence-electron chi connectivity index (χ1n) is 15.4. The van der Waals surface area contributed by atoms with Crippen molar-refractivity contribution >= 4 is 23.8 Å². The first-order valence-corrected chi connectivity index (χ1v) is 15.4. The minimum atomic E-state index is -4.42. The first kappa shape index (κ1) is 34.2. The number of alkyl halides is 3. The Morgan fingerprint density at radius 3 is 2.24 bits per heavy atom. The van der Waals surface area contributed by atoms with Gasteiger partial charge in [0.15, 0.2) is 5.96 Å². The quantitative estimate of drug-likeness (QED) is 0.101. The summed E-state index contributed by atoms with van der Waals surface area (Å²) in [6.07, 6.45) is 0.189. The van der Waals surface area contributed by atoms with Gasteiger partial charge < -0.3 is 26.6 Å². The molecule has 0 bridgehead atoms. The van der Waals surface area contributed by atoms with E-state index in [4.69, 9.17) is 5.73 Å². The largest absolute Gasteiger partial charge is 0.416 e. The van der Waals surface area contributed by atoms with E-state index in [1.54, 1.807) is 7.05 Å². The molecule has 0 radical (unpaired) electrons. The van der Waals surface area contributed by atoms with E-state index >= 15 is 0 Å². The molecule has 244 valence electrons. The highest BCUT2D eigenvalue weighted by molar-refractivity contribution is 5.91. The zero-order chi connectivity index (χ0) is 32.9. The molecule has 2 atom stereocenters. The third-order valence-electron chi connectivity index (χ3n) is 8.01. The Balaban J connectivity index is 1.44. The molecule has 46 heavy (non-hydrogen) atoms. The summed E-state index contributed by atoms with van der Waals surface area (Å²) in [5.41, 5.74) is 7.74. The number of carbonyl (C=O) groups is 2. The predicted octanol–water partition coefficient (Wildman–Crippen LogP) is 4.54. The van der Waals surface area contributed by atoms with Gasteiger partial charge in [-0.1, -0.05) is 72.8 Å². The molecule has 1 saturated heterocycles. The second kappa shape index (κ2) is 16.6. The number of nitrogens with one attached hydrogen (secondary N) is 3. The van der Waals surface area contributed by atoms with Gasteiger partial charge >= 0.3 is 6.18 Å². The van der Waals surface area contributed by atoms with E-state index in [1.165, 1.54) is 24.3 Å². The Hall–Kier alpha value is -4.64. The highest BCUT2D eigenvalue weighted by Crippen LogP contribution is 2.29. The van der Waals surface area contributed by atoms with Gasteiger partial charge in [-0.05, 0) is 54.2 Å². The van der Waals surface area contributed by atoms with E-state index in [0.29, 0.717) is 50.4 Å². The third kappa shape index (κ3) is 10.2. The second-order valence-electron chi connectivity index (χ2n) is 11.2. The Morgan fingerprint density at radius 1 is 1.02 bits per heavy atom. The number of nitrogens with two attached hydrogens (primary N) is 1. The third-order valence-corrected chi connectivity index (χ3v) is 8.01. The smallest absolute Gasteiger partial charge is 0.370 e. The fourth-order valence-corrected chi connectivity index (χ4v) is 5.46. The number of hydrogen-bond donors (Lipinski definition) is 4. The van der Waals surface area contributed by atoms with Gasteiger partial charge in [-0.3, -0.25) is 14.6 Å². The van der Waals surface area contributed by atoms with Gasteiger partial charge in [0.2, 0.25) is 11.8 Å². The molecular formula is C35H41F3N6O2. The molecule has 4 rings (SSSR count). The van der Waals surface area contributed by atoms with Gasteiger partial charge in [-0.15, -0.1) is 0 Å². The summed E-state index contributed by atoms with van der Waals surface area (Å²) in [6.45, 7) is 1.85.